The van der Waals surface area contributed by atoms with Gasteiger partial charge in [-0.2, -0.15) is 0 Å². The summed E-state index contributed by atoms with van der Waals surface area (Å²) in [6.45, 7) is 1.74. The maximum Gasteiger partial charge on any atom is 0.186 e. The highest BCUT2D eigenvalue weighted by Crippen LogP contribution is 2.27. The Bertz CT molecular complexity index is 328. The average Bonchev–Trinajstić information content (AvgIpc) is 2.92. The number of nitrogens with one attached hydrogen (secondary N) is 2. The molecule has 1 heterocycles. The normalized spacial score (nSPS) is 16.0. The van der Waals surface area contributed by atoms with Crippen LogP contribution in [0.4, 0.5) is 0 Å². The highest BCUT2D eigenvalue weighted by atomic mass is 16.1. The van der Waals surface area contributed by atoms with Crippen LogP contribution in [-0.2, 0) is 6.54 Å². The number of pyridine rings is 1. The molecule has 0 bridgehead atoms. The van der Waals surface area contributed by atoms with Crippen LogP contribution in [-0.4, -0.2) is 11.5 Å². The minimum absolute atomic E-state index is 0.113. The fraction of sp³-hybridized carbons (Fsp3) is 0.500. The van der Waals surface area contributed by atoms with Gasteiger partial charge in [0.25, 0.3) is 0 Å². The molecule has 2 N–H and O–H groups in total. The number of rotatable bonds is 4. The Kier molecular flexibility index (Phi) is 2.45. The van der Waals surface area contributed by atoms with E-state index in [0.29, 0.717) is 6.54 Å². The van der Waals surface area contributed by atoms with Crippen molar-refractivity contribution in [2.45, 2.75) is 19.4 Å². The number of H-pyrrole nitrogens is 1. The van der Waals surface area contributed by atoms with Crippen LogP contribution in [0.25, 0.3) is 0 Å². The molecule has 1 aliphatic carbocycles. The van der Waals surface area contributed by atoms with Crippen molar-refractivity contribution in [1.29, 1.82) is 0 Å². The Morgan fingerprint density at radius 3 is 3.08 bits per heavy atom. The van der Waals surface area contributed by atoms with E-state index in [-0.39, 0.29) is 5.43 Å². The molecule has 0 aromatic carbocycles. The number of aromatic nitrogens is 1. The first-order valence-electron chi connectivity index (χ1n) is 4.73. The second-order valence-corrected chi connectivity index (χ2v) is 3.61. The third-order valence-electron chi connectivity index (χ3n) is 2.35. The molecule has 70 valence electrons. The Morgan fingerprint density at radius 2 is 2.38 bits per heavy atom. The number of hydrogen-bond acceptors (Lipinski definition) is 2. The fourth-order valence-corrected chi connectivity index (χ4v) is 1.32. The van der Waals surface area contributed by atoms with E-state index < -0.39 is 0 Å². The highest BCUT2D eigenvalue weighted by Gasteiger charge is 2.20. The maximum atomic E-state index is 11.3. The molecule has 0 atom stereocenters. The minimum Gasteiger partial charge on any atom is -0.367 e. The summed E-state index contributed by atoms with van der Waals surface area (Å²) in [5, 5.41) is 3.28. The van der Waals surface area contributed by atoms with E-state index in [4.69, 9.17) is 0 Å². The standard InChI is InChI=1S/C10H14N2O/c13-10-3-4-11-6-9(10)7-12-5-8-1-2-8/h3-4,6,8,12H,1-2,5,7H2,(H,11,13). The van der Waals surface area contributed by atoms with Crippen molar-refractivity contribution in [3.8, 4) is 0 Å². The molecular formula is C10H14N2O. The van der Waals surface area contributed by atoms with E-state index in [2.05, 4.69) is 10.3 Å². The smallest absolute Gasteiger partial charge is 0.186 e. The quantitative estimate of drug-likeness (QED) is 0.718. The van der Waals surface area contributed by atoms with Gasteiger partial charge < -0.3 is 10.3 Å². The lowest BCUT2D eigenvalue weighted by atomic mass is 10.2. The summed E-state index contributed by atoms with van der Waals surface area (Å²) in [5.41, 5.74) is 0.935. The van der Waals surface area contributed by atoms with E-state index in [1.165, 1.54) is 12.8 Å². The Hall–Kier alpha value is -1.09. The predicted molar refractivity (Wildman–Crippen MR) is 51.5 cm³/mol. The molecule has 3 nitrogen and oxygen atoms in total. The Morgan fingerprint density at radius 1 is 1.54 bits per heavy atom. The van der Waals surface area contributed by atoms with Crippen LogP contribution in [0.1, 0.15) is 18.4 Å². The van der Waals surface area contributed by atoms with E-state index in [1.807, 2.05) is 0 Å². The topological polar surface area (TPSA) is 44.9 Å². The SMILES string of the molecule is O=c1cc[nH]cc1CNCC1CC1. The zero-order valence-corrected chi connectivity index (χ0v) is 7.55. The van der Waals surface area contributed by atoms with Crippen LogP contribution in [0.3, 0.4) is 0 Å². The first-order chi connectivity index (χ1) is 6.36. The van der Waals surface area contributed by atoms with Crippen LogP contribution in [0.15, 0.2) is 23.3 Å². The van der Waals surface area contributed by atoms with Gasteiger partial charge in [0.1, 0.15) is 0 Å². The van der Waals surface area contributed by atoms with Crippen LogP contribution in [0.2, 0.25) is 0 Å². The van der Waals surface area contributed by atoms with E-state index in [9.17, 15) is 4.79 Å². The lowest BCUT2D eigenvalue weighted by Crippen LogP contribution is -2.20. The molecule has 3 heteroatoms. The summed E-state index contributed by atoms with van der Waals surface area (Å²) >= 11 is 0. The van der Waals surface area contributed by atoms with Gasteiger partial charge in [-0.15, -0.1) is 0 Å². The summed E-state index contributed by atoms with van der Waals surface area (Å²) in [7, 11) is 0. The van der Waals surface area contributed by atoms with Crippen molar-refractivity contribution in [1.82, 2.24) is 10.3 Å². The number of hydrogen-bond donors (Lipinski definition) is 2. The minimum atomic E-state index is 0.113. The van der Waals surface area contributed by atoms with Gasteiger partial charge in [0.2, 0.25) is 0 Å². The first-order valence-corrected chi connectivity index (χ1v) is 4.73. The van der Waals surface area contributed by atoms with Gasteiger partial charge in [0.15, 0.2) is 5.43 Å². The van der Waals surface area contributed by atoms with Crippen molar-refractivity contribution in [2.75, 3.05) is 6.54 Å². The zero-order valence-electron chi connectivity index (χ0n) is 7.55. The molecule has 0 aliphatic heterocycles. The molecule has 1 aromatic rings. The van der Waals surface area contributed by atoms with E-state index >= 15 is 0 Å². The summed E-state index contributed by atoms with van der Waals surface area (Å²) < 4.78 is 0. The Balaban J connectivity index is 1.85. The molecule has 0 spiro atoms. The van der Waals surface area contributed by atoms with Crippen molar-refractivity contribution >= 4 is 0 Å². The molecular weight excluding hydrogens is 164 g/mol. The zero-order chi connectivity index (χ0) is 9.10. The molecule has 2 rings (SSSR count). The van der Waals surface area contributed by atoms with Gasteiger partial charge in [-0.25, -0.2) is 0 Å². The molecule has 0 saturated heterocycles. The largest absolute Gasteiger partial charge is 0.367 e. The van der Waals surface area contributed by atoms with Gasteiger partial charge in [-0.3, -0.25) is 4.79 Å². The van der Waals surface area contributed by atoms with Gasteiger partial charge in [-0.1, -0.05) is 0 Å². The van der Waals surface area contributed by atoms with Crippen LogP contribution < -0.4 is 10.7 Å². The Labute approximate surface area is 77.2 Å². The number of aromatic amines is 1. The second kappa shape index (κ2) is 3.75. The summed E-state index contributed by atoms with van der Waals surface area (Å²) in [4.78, 5) is 14.2. The fourth-order valence-electron chi connectivity index (χ4n) is 1.32. The third kappa shape index (κ3) is 2.42. The van der Waals surface area contributed by atoms with Crippen LogP contribution in [0.5, 0.6) is 0 Å². The van der Waals surface area contributed by atoms with Gasteiger partial charge >= 0.3 is 0 Å². The van der Waals surface area contributed by atoms with Crippen LogP contribution >= 0.6 is 0 Å². The lowest BCUT2D eigenvalue weighted by Gasteiger charge is -2.01. The van der Waals surface area contributed by atoms with Gasteiger partial charge in [0.05, 0.1) is 0 Å². The monoisotopic (exact) mass is 178 g/mol. The first kappa shape index (κ1) is 8.51. The predicted octanol–water partition coefficient (Wildman–Crippen LogP) is 0.874. The maximum absolute atomic E-state index is 11.3. The van der Waals surface area contributed by atoms with Crippen LogP contribution in [0, 0.1) is 5.92 Å². The highest BCUT2D eigenvalue weighted by molar-refractivity contribution is 5.08. The molecule has 1 aliphatic rings. The summed E-state index contributed by atoms with van der Waals surface area (Å²) in [5.74, 6) is 0.864. The van der Waals surface area contributed by atoms with Crippen molar-refractivity contribution < 1.29 is 0 Å². The molecule has 0 radical (unpaired) electrons. The van der Waals surface area contributed by atoms with E-state index in [0.717, 1.165) is 18.0 Å². The van der Waals surface area contributed by atoms with Crippen molar-refractivity contribution in [3.63, 3.8) is 0 Å². The second-order valence-electron chi connectivity index (χ2n) is 3.61. The molecule has 0 unspecified atom stereocenters. The lowest BCUT2D eigenvalue weighted by molar-refractivity contribution is 0.635. The molecule has 1 fully saturated rings. The summed E-state index contributed by atoms with van der Waals surface area (Å²) in [6, 6.07) is 1.56. The van der Waals surface area contributed by atoms with Gasteiger partial charge in [-0.05, 0) is 25.3 Å². The van der Waals surface area contributed by atoms with Gasteiger partial charge in [0, 0.05) is 30.6 Å². The molecule has 1 aromatic heterocycles. The third-order valence-corrected chi connectivity index (χ3v) is 2.35. The molecule has 0 amide bonds. The van der Waals surface area contributed by atoms with Crippen molar-refractivity contribution in [3.05, 3.63) is 34.2 Å². The molecule has 13 heavy (non-hydrogen) atoms. The molecule has 1 saturated carbocycles. The summed E-state index contributed by atoms with van der Waals surface area (Å²) in [6.07, 6.45) is 6.12. The van der Waals surface area contributed by atoms with Crippen molar-refractivity contribution in [2.24, 2.45) is 5.92 Å². The average molecular weight is 178 g/mol. The van der Waals surface area contributed by atoms with E-state index in [1.54, 1.807) is 18.5 Å².